The van der Waals surface area contributed by atoms with Gasteiger partial charge in [0.15, 0.2) is 0 Å². The number of amides is 2. The van der Waals surface area contributed by atoms with Crippen LogP contribution >= 0.6 is 0 Å². The zero-order valence-corrected chi connectivity index (χ0v) is 21.9. The number of benzene rings is 2. The molecule has 190 valence electrons. The molecule has 0 radical (unpaired) electrons. The predicted octanol–water partition coefficient (Wildman–Crippen LogP) is 4.11. The van der Waals surface area contributed by atoms with E-state index in [4.69, 9.17) is 9.47 Å². The van der Waals surface area contributed by atoms with E-state index in [2.05, 4.69) is 0 Å². The molecule has 9 nitrogen and oxygen atoms in total. The van der Waals surface area contributed by atoms with Crippen LogP contribution in [0.2, 0.25) is 0 Å². The summed E-state index contributed by atoms with van der Waals surface area (Å²) < 4.78 is 38.6. The Morgan fingerprint density at radius 1 is 1.03 bits per heavy atom. The lowest BCUT2D eigenvalue weighted by Crippen LogP contribution is -2.51. The monoisotopic (exact) mass is 503 g/mol. The molecule has 1 aliphatic rings. The van der Waals surface area contributed by atoms with Crippen molar-refractivity contribution in [2.75, 3.05) is 43.2 Å². The van der Waals surface area contributed by atoms with Crippen LogP contribution in [-0.4, -0.2) is 64.1 Å². The lowest BCUT2D eigenvalue weighted by molar-refractivity contribution is -0.117. The second-order valence-electron chi connectivity index (χ2n) is 8.21. The van der Waals surface area contributed by atoms with Gasteiger partial charge in [-0.15, -0.1) is 0 Å². The highest BCUT2D eigenvalue weighted by Crippen LogP contribution is 2.40. The first-order valence-electron chi connectivity index (χ1n) is 11.7. The smallest absolute Gasteiger partial charge is 0.414 e. The molecule has 10 heteroatoms. The van der Waals surface area contributed by atoms with Crippen LogP contribution in [0.1, 0.15) is 34.6 Å². The Morgan fingerprint density at radius 3 is 2.23 bits per heavy atom. The van der Waals surface area contributed by atoms with Gasteiger partial charge in [-0.25, -0.2) is 13.2 Å². The van der Waals surface area contributed by atoms with Crippen molar-refractivity contribution < 1.29 is 27.5 Å². The maximum Gasteiger partial charge on any atom is 0.414 e. The summed E-state index contributed by atoms with van der Waals surface area (Å²) in [4.78, 5) is 28.4. The number of rotatable bonds is 7. The third kappa shape index (κ3) is 4.99. The minimum atomic E-state index is -3.78. The van der Waals surface area contributed by atoms with Crippen molar-refractivity contribution in [2.24, 2.45) is 0 Å². The van der Waals surface area contributed by atoms with Crippen molar-refractivity contribution in [3.8, 4) is 16.9 Å². The van der Waals surface area contributed by atoms with Crippen LogP contribution in [0.15, 0.2) is 41.3 Å². The summed E-state index contributed by atoms with van der Waals surface area (Å²) in [6.07, 6.45) is -0.500. The molecule has 3 rings (SSSR count). The number of hydrogen-bond donors (Lipinski definition) is 0. The summed E-state index contributed by atoms with van der Waals surface area (Å²) in [5.74, 6) is 0.121. The topological polar surface area (TPSA) is 96.5 Å². The summed E-state index contributed by atoms with van der Waals surface area (Å²) in [6, 6.07) is 10.1. The standard InChI is InChI=1S/C25H33N3O6S/c1-7-26(8-2)35(31,32)24-15-20(11-13-23(24)33-6)19-10-12-21-22(14-19)27(25(30)34-9-3)16-17(4)28(21)18(5)29/h10-15,17H,7-9,16H2,1-6H3/t17-/m0/s1. The summed E-state index contributed by atoms with van der Waals surface area (Å²) in [6.45, 7) is 9.83. The molecule has 0 saturated heterocycles. The molecule has 1 aliphatic heterocycles. The van der Waals surface area contributed by atoms with Crippen LogP contribution < -0.4 is 14.5 Å². The predicted molar refractivity (Wildman–Crippen MR) is 136 cm³/mol. The molecule has 2 aromatic carbocycles. The molecule has 0 spiro atoms. The number of ether oxygens (including phenoxy) is 2. The average molecular weight is 504 g/mol. The van der Waals surface area contributed by atoms with Crippen LogP contribution in [0.25, 0.3) is 11.1 Å². The van der Waals surface area contributed by atoms with E-state index in [0.717, 1.165) is 0 Å². The van der Waals surface area contributed by atoms with E-state index < -0.39 is 16.1 Å². The highest BCUT2D eigenvalue weighted by molar-refractivity contribution is 7.89. The van der Waals surface area contributed by atoms with Gasteiger partial charge in [-0.1, -0.05) is 26.0 Å². The molecule has 0 unspecified atom stereocenters. The van der Waals surface area contributed by atoms with E-state index in [9.17, 15) is 18.0 Å². The van der Waals surface area contributed by atoms with Gasteiger partial charge in [0, 0.05) is 26.6 Å². The summed E-state index contributed by atoms with van der Waals surface area (Å²) >= 11 is 0. The van der Waals surface area contributed by atoms with E-state index in [0.29, 0.717) is 35.6 Å². The maximum absolute atomic E-state index is 13.3. The Bertz CT molecular complexity index is 1210. The molecule has 0 N–H and O–H groups in total. The Kier molecular flexibility index (Phi) is 8.07. The van der Waals surface area contributed by atoms with Crippen LogP contribution in [0.5, 0.6) is 5.75 Å². The summed E-state index contributed by atoms with van der Waals surface area (Å²) in [7, 11) is -2.35. The van der Waals surface area contributed by atoms with Crippen molar-refractivity contribution in [2.45, 2.75) is 45.6 Å². The van der Waals surface area contributed by atoms with E-state index in [1.165, 1.54) is 23.2 Å². The number of carbonyl (C=O) groups is 2. The fraction of sp³-hybridized carbons (Fsp3) is 0.440. The number of nitrogens with zero attached hydrogens (tertiary/aromatic N) is 3. The molecule has 0 fully saturated rings. The first kappa shape index (κ1) is 26.5. The van der Waals surface area contributed by atoms with Gasteiger partial charge in [-0.05, 0) is 49.2 Å². The SMILES string of the molecule is CCOC(=O)N1C[C@H](C)N(C(C)=O)c2ccc(-c3ccc(OC)c(S(=O)(=O)N(CC)CC)c3)cc21. The number of methoxy groups -OCH3 is 1. The second-order valence-corrected chi connectivity index (χ2v) is 10.1. The van der Waals surface area contributed by atoms with Crippen LogP contribution in [0, 0.1) is 0 Å². The summed E-state index contributed by atoms with van der Waals surface area (Å²) in [5.41, 5.74) is 2.45. The molecule has 0 bridgehead atoms. The number of carbonyl (C=O) groups excluding carboxylic acids is 2. The first-order valence-corrected chi connectivity index (χ1v) is 13.1. The highest BCUT2D eigenvalue weighted by atomic mass is 32.2. The second kappa shape index (κ2) is 10.7. The van der Waals surface area contributed by atoms with Crippen molar-refractivity contribution in [3.05, 3.63) is 36.4 Å². The zero-order valence-electron chi connectivity index (χ0n) is 21.1. The molecule has 0 aliphatic carbocycles. The average Bonchev–Trinajstić information content (AvgIpc) is 2.83. The molecule has 1 heterocycles. The van der Waals surface area contributed by atoms with Crippen LogP contribution in [0.4, 0.5) is 16.2 Å². The molecule has 0 saturated carbocycles. The van der Waals surface area contributed by atoms with Gasteiger partial charge in [0.2, 0.25) is 15.9 Å². The van der Waals surface area contributed by atoms with Gasteiger partial charge < -0.3 is 14.4 Å². The fourth-order valence-electron chi connectivity index (χ4n) is 4.42. The van der Waals surface area contributed by atoms with Gasteiger partial charge in [0.1, 0.15) is 10.6 Å². The molecule has 2 aromatic rings. The molecular formula is C25H33N3O6S. The van der Waals surface area contributed by atoms with Crippen molar-refractivity contribution in [1.29, 1.82) is 0 Å². The molecule has 1 atom stereocenters. The van der Waals surface area contributed by atoms with E-state index in [1.54, 1.807) is 56.0 Å². The Balaban J connectivity index is 2.18. The minimum absolute atomic E-state index is 0.0696. The van der Waals surface area contributed by atoms with E-state index >= 15 is 0 Å². The molecule has 2 amide bonds. The minimum Gasteiger partial charge on any atom is -0.495 e. The van der Waals surface area contributed by atoms with Gasteiger partial charge in [0.05, 0.1) is 31.1 Å². The third-order valence-electron chi connectivity index (χ3n) is 6.06. The van der Waals surface area contributed by atoms with E-state index in [-0.39, 0.29) is 35.7 Å². The molecule has 0 aromatic heterocycles. The lowest BCUT2D eigenvalue weighted by Gasteiger charge is -2.40. The van der Waals surface area contributed by atoms with Crippen molar-refractivity contribution in [3.63, 3.8) is 0 Å². The van der Waals surface area contributed by atoms with Crippen LogP contribution in [0.3, 0.4) is 0 Å². The Morgan fingerprint density at radius 2 is 1.66 bits per heavy atom. The van der Waals surface area contributed by atoms with E-state index in [1.807, 2.05) is 13.0 Å². The maximum atomic E-state index is 13.3. The quantitative estimate of drug-likeness (QED) is 0.564. The van der Waals surface area contributed by atoms with Gasteiger partial charge in [0.25, 0.3) is 0 Å². The largest absolute Gasteiger partial charge is 0.495 e. The third-order valence-corrected chi connectivity index (χ3v) is 8.13. The molecular weight excluding hydrogens is 470 g/mol. The Hall–Kier alpha value is -3.11. The van der Waals surface area contributed by atoms with Crippen LogP contribution in [-0.2, 0) is 19.6 Å². The number of fused-ring (bicyclic) bond motifs is 1. The number of anilines is 2. The molecule has 35 heavy (non-hydrogen) atoms. The zero-order chi connectivity index (χ0) is 25.9. The highest BCUT2D eigenvalue weighted by Gasteiger charge is 2.34. The Labute approximate surface area is 207 Å². The van der Waals surface area contributed by atoms with Crippen molar-refractivity contribution in [1.82, 2.24) is 4.31 Å². The van der Waals surface area contributed by atoms with Gasteiger partial charge in [-0.2, -0.15) is 4.31 Å². The van der Waals surface area contributed by atoms with Gasteiger partial charge in [-0.3, -0.25) is 9.69 Å². The fourth-order valence-corrected chi connectivity index (χ4v) is 6.06. The first-order chi connectivity index (χ1) is 16.6. The van der Waals surface area contributed by atoms with Gasteiger partial charge >= 0.3 is 6.09 Å². The lowest BCUT2D eigenvalue weighted by atomic mass is 10.0. The number of sulfonamides is 1. The summed E-state index contributed by atoms with van der Waals surface area (Å²) in [5, 5.41) is 0. The normalized spacial score (nSPS) is 15.7. The number of hydrogen-bond acceptors (Lipinski definition) is 6. The van der Waals surface area contributed by atoms with Crippen molar-refractivity contribution >= 4 is 33.4 Å².